The number of amides is 1. The fraction of sp³-hybridized carbons (Fsp3) is 0.125. The van der Waals surface area contributed by atoms with Gasteiger partial charge in [0.2, 0.25) is 0 Å². The zero-order chi connectivity index (χ0) is 21.3. The Kier molecular flexibility index (Phi) is 5.18. The SMILES string of the molecule is C[C@H](NC(=O)C1=C(c2ccccc2)c2ccccc2N(C)S1(=O)=O)c1ccccc1. The van der Waals surface area contributed by atoms with Gasteiger partial charge in [0.1, 0.15) is 0 Å². The van der Waals surface area contributed by atoms with E-state index >= 15 is 0 Å². The molecule has 0 fully saturated rings. The molecule has 3 aromatic rings. The molecule has 3 aromatic carbocycles. The quantitative estimate of drug-likeness (QED) is 0.694. The number of nitrogens with zero attached hydrogens (tertiary/aromatic N) is 1. The minimum absolute atomic E-state index is 0.238. The Bertz CT molecular complexity index is 1220. The lowest BCUT2D eigenvalue weighted by Crippen LogP contribution is -2.40. The van der Waals surface area contributed by atoms with Crippen molar-refractivity contribution in [2.24, 2.45) is 0 Å². The molecule has 0 aliphatic carbocycles. The van der Waals surface area contributed by atoms with E-state index in [9.17, 15) is 13.2 Å². The number of hydrogen-bond donors (Lipinski definition) is 1. The monoisotopic (exact) mass is 418 g/mol. The minimum Gasteiger partial charge on any atom is -0.345 e. The summed E-state index contributed by atoms with van der Waals surface area (Å²) in [6.45, 7) is 1.84. The average Bonchev–Trinajstić information content (AvgIpc) is 2.77. The van der Waals surface area contributed by atoms with Crippen molar-refractivity contribution in [3.05, 3.63) is 107 Å². The Morgan fingerprint density at radius 1 is 0.867 bits per heavy atom. The Labute approximate surface area is 176 Å². The second kappa shape index (κ2) is 7.80. The zero-order valence-electron chi connectivity index (χ0n) is 16.7. The molecule has 4 rings (SSSR count). The van der Waals surface area contributed by atoms with Crippen molar-refractivity contribution < 1.29 is 13.2 Å². The Morgan fingerprint density at radius 3 is 2.10 bits per heavy atom. The van der Waals surface area contributed by atoms with Gasteiger partial charge in [0.05, 0.1) is 11.7 Å². The van der Waals surface area contributed by atoms with Gasteiger partial charge in [-0.25, -0.2) is 8.42 Å². The fourth-order valence-corrected chi connectivity index (χ4v) is 5.16. The molecular weight excluding hydrogens is 396 g/mol. The number of nitrogens with one attached hydrogen (secondary N) is 1. The molecule has 1 atom stereocenters. The van der Waals surface area contributed by atoms with Gasteiger partial charge in [0.25, 0.3) is 15.9 Å². The first-order chi connectivity index (χ1) is 14.4. The summed E-state index contributed by atoms with van der Waals surface area (Å²) < 4.78 is 28.0. The number of para-hydroxylation sites is 1. The molecule has 6 heteroatoms. The van der Waals surface area contributed by atoms with Crippen LogP contribution >= 0.6 is 0 Å². The van der Waals surface area contributed by atoms with Gasteiger partial charge in [-0.3, -0.25) is 9.10 Å². The van der Waals surface area contributed by atoms with Gasteiger partial charge in [0.15, 0.2) is 4.91 Å². The van der Waals surface area contributed by atoms with Crippen molar-refractivity contribution in [2.75, 3.05) is 11.4 Å². The van der Waals surface area contributed by atoms with Crippen LogP contribution in [-0.2, 0) is 14.8 Å². The molecule has 0 spiro atoms. The molecule has 152 valence electrons. The largest absolute Gasteiger partial charge is 0.345 e. The third-order valence-electron chi connectivity index (χ3n) is 5.27. The molecule has 0 bridgehead atoms. The second-order valence-corrected chi connectivity index (χ2v) is 9.07. The minimum atomic E-state index is -4.04. The van der Waals surface area contributed by atoms with E-state index in [0.717, 1.165) is 5.56 Å². The summed E-state index contributed by atoms with van der Waals surface area (Å²) >= 11 is 0. The fourth-order valence-electron chi connectivity index (χ4n) is 3.69. The number of fused-ring (bicyclic) bond motifs is 1. The molecule has 0 unspecified atom stereocenters. The second-order valence-electron chi connectivity index (χ2n) is 7.17. The molecule has 0 aromatic heterocycles. The standard InChI is InChI=1S/C24H22N2O3S/c1-17(18-11-5-3-6-12-18)25-24(27)23-22(19-13-7-4-8-14-19)20-15-9-10-16-21(20)26(2)30(23,28)29/h3-17H,1-2H3,(H,25,27)/t17-/m0/s1. The lowest BCUT2D eigenvalue weighted by atomic mass is 9.95. The van der Waals surface area contributed by atoms with E-state index in [1.165, 1.54) is 11.4 Å². The van der Waals surface area contributed by atoms with Gasteiger partial charge >= 0.3 is 0 Å². The maximum absolute atomic E-state index is 13.4. The zero-order valence-corrected chi connectivity index (χ0v) is 17.6. The topological polar surface area (TPSA) is 66.5 Å². The van der Waals surface area contributed by atoms with Crippen molar-refractivity contribution in [1.29, 1.82) is 0 Å². The number of carbonyl (C=O) groups excluding carboxylic acids is 1. The Morgan fingerprint density at radius 2 is 1.43 bits per heavy atom. The number of anilines is 1. The van der Waals surface area contributed by atoms with Gasteiger partial charge in [-0.2, -0.15) is 0 Å². The van der Waals surface area contributed by atoms with E-state index in [2.05, 4.69) is 5.32 Å². The summed E-state index contributed by atoms with van der Waals surface area (Å²) in [7, 11) is -2.56. The molecule has 0 saturated carbocycles. The van der Waals surface area contributed by atoms with Gasteiger partial charge in [-0.1, -0.05) is 78.9 Å². The molecule has 30 heavy (non-hydrogen) atoms. The number of rotatable bonds is 4. The highest BCUT2D eigenvalue weighted by molar-refractivity contribution is 7.97. The highest BCUT2D eigenvalue weighted by Crippen LogP contribution is 2.42. The van der Waals surface area contributed by atoms with E-state index < -0.39 is 15.9 Å². The van der Waals surface area contributed by atoms with E-state index in [4.69, 9.17) is 0 Å². The average molecular weight is 419 g/mol. The first kappa shape index (κ1) is 19.9. The maximum atomic E-state index is 13.4. The van der Waals surface area contributed by atoms with Crippen LogP contribution < -0.4 is 9.62 Å². The van der Waals surface area contributed by atoms with Crippen molar-refractivity contribution in [3.8, 4) is 0 Å². The highest BCUT2D eigenvalue weighted by atomic mass is 32.2. The number of benzene rings is 3. The van der Waals surface area contributed by atoms with E-state index in [0.29, 0.717) is 22.4 Å². The van der Waals surface area contributed by atoms with Crippen LogP contribution in [-0.4, -0.2) is 21.4 Å². The van der Waals surface area contributed by atoms with E-state index in [1.807, 2.05) is 79.7 Å². The smallest absolute Gasteiger partial charge is 0.270 e. The molecular formula is C24H22N2O3S. The summed E-state index contributed by atoms with van der Waals surface area (Å²) in [5, 5.41) is 2.87. The van der Waals surface area contributed by atoms with Crippen molar-refractivity contribution in [3.63, 3.8) is 0 Å². The summed E-state index contributed by atoms with van der Waals surface area (Å²) in [5.41, 5.74) is 3.25. The predicted octanol–water partition coefficient (Wildman–Crippen LogP) is 4.10. The van der Waals surface area contributed by atoms with Crippen molar-refractivity contribution >= 4 is 27.2 Å². The van der Waals surface area contributed by atoms with E-state index in [-0.39, 0.29) is 10.9 Å². The summed E-state index contributed by atoms with van der Waals surface area (Å²) in [5.74, 6) is -0.619. The number of hydrogen-bond acceptors (Lipinski definition) is 3. The van der Waals surface area contributed by atoms with Crippen LogP contribution in [0.15, 0.2) is 89.8 Å². The van der Waals surface area contributed by atoms with Crippen LogP contribution in [0.2, 0.25) is 0 Å². The first-order valence-electron chi connectivity index (χ1n) is 9.65. The highest BCUT2D eigenvalue weighted by Gasteiger charge is 2.39. The number of sulfonamides is 1. The van der Waals surface area contributed by atoms with Gasteiger partial charge < -0.3 is 5.32 Å². The molecule has 0 saturated heterocycles. The third kappa shape index (κ3) is 3.39. The van der Waals surface area contributed by atoms with Crippen LogP contribution in [0.4, 0.5) is 5.69 Å². The Balaban J connectivity index is 1.90. The lowest BCUT2D eigenvalue weighted by Gasteiger charge is -2.31. The molecule has 1 heterocycles. The lowest BCUT2D eigenvalue weighted by molar-refractivity contribution is -0.117. The summed E-state index contributed by atoms with van der Waals surface area (Å²) in [4.78, 5) is 13.1. The molecule has 1 aliphatic heterocycles. The van der Waals surface area contributed by atoms with Crippen LogP contribution in [0.5, 0.6) is 0 Å². The third-order valence-corrected chi connectivity index (χ3v) is 7.10. The maximum Gasteiger partial charge on any atom is 0.270 e. The molecule has 5 nitrogen and oxygen atoms in total. The Hall–Kier alpha value is -3.38. The van der Waals surface area contributed by atoms with E-state index in [1.54, 1.807) is 12.1 Å². The van der Waals surface area contributed by atoms with Crippen LogP contribution in [0, 0.1) is 0 Å². The first-order valence-corrected chi connectivity index (χ1v) is 11.1. The van der Waals surface area contributed by atoms with Crippen molar-refractivity contribution in [2.45, 2.75) is 13.0 Å². The number of carbonyl (C=O) groups is 1. The molecule has 1 amide bonds. The normalized spacial score (nSPS) is 16.0. The van der Waals surface area contributed by atoms with Crippen molar-refractivity contribution in [1.82, 2.24) is 5.32 Å². The summed E-state index contributed by atoms with van der Waals surface area (Å²) in [6.07, 6.45) is 0. The van der Waals surface area contributed by atoms with Gasteiger partial charge in [-0.05, 0) is 24.1 Å². The molecule has 0 radical (unpaired) electrons. The van der Waals surface area contributed by atoms with Crippen LogP contribution in [0.25, 0.3) is 5.57 Å². The molecule has 1 aliphatic rings. The van der Waals surface area contributed by atoms with Crippen LogP contribution in [0.1, 0.15) is 29.7 Å². The van der Waals surface area contributed by atoms with Gasteiger partial charge in [0, 0.05) is 18.2 Å². The molecule has 1 N–H and O–H groups in total. The van der Waals surface area contributed by atoms with Crippen LogP contribution in [0.3, 0.4) is 0 Å². The predicted molar refractivity (Wildman–Crippen MR) is 119 cm³/mol. The van der Waals surface area contributed by atoms with Gasteiger partial charge in [-0.15, -0.1) is 0 Å². The summed E-state index contributed by atoms with van der Waals surface area (Å²) in [6, 6.07) is 25.5.